The van der Waals surface area contributed by atoms with Crippen molar-refractivity contribution in [2.45, 2.75) is 25.4 Å². The standard InChI is InChI=1S/C15H19Cl2N3S/c16-13-2-1-3-14(17)12(13)10-19-6-8-20(9-7-19)15(21)18-11-4-5-11/h1-3,11H,4-10H2,(H,18,21). The van der Waals surface area contributed by atoms with E-state index < -0.39 is 0 Å². The molecule has 1 aromatic carbocycles. The zero-order valence-corrected chi connectivity index (χ0v) is 14.1. The van der Waals surface area contributed by atoms with Crippen LogP contribution in [0.2, 0.25) is 10.0 Å². The first-order chi connectivity index (χ1) is 10.1. The fourth-order valence-electron chi connectivity index (χ4n) is 2.51. The van der Waals surface area contributed by atoms with Gasteiger partial charge >= 0.3 is 0 Å². The lowest BCUT2D eigenvalue weighted by Gasteiger charge is -2.36. The zero-order valence-electron chi connectivity index (χ0n) is 11.8. The van der Waals surface area contributed by atoms with Gasteiger partial charge < -0.3 is 10.2 Å². The van der Waals surface area contributed by atoms with Crippen molar-refractivity contribution in [2.75, 3.05) is 26.2 Å². The molecule has 114 valence electrons. The number of hydrogen-bond donors (Lipinski definition) is 1. The summed E-state index contributed by atoms with van der Waals surface area (Å²) in [5, 5.41) is 5.81. The number of nitrogens with zero attached hydrogens (tertiary/aromatic N) is 2. The number of hydrogen-bond acceptors (Lipinski definition) is 2. The molecule has 0 radical (unpaired) electrons. The first-order valence-electron chi connectivity index (χ1n) is 7.34. The summed E-state index contributed by atoms with van der Waals surface area (Å²) >= 11 is 17.9. The third-order valence-corrected chi connectivity index (χ3v) is 5.09. The summed E-state index contributed by atoms with van der Waals surface area (Å²) in [7, 11) is 0. The van der Waals surface area contributed by atoms with Gasteiger partial charge in [0.1, 0.15) is 0 Å². The fraction of sp³-hybridized carbons (Fsp3) is 0.533. The highest BCUT2D eigenvalue weighted by Gasteiger charge is 2.26. The van der Waals surface area contributed by atoms with E-state index in [9.17, 15) is 0 Å². The van der Waals surface area contributed by atoms with Crippen LogP contribution in [0.5, 0.6) is 0 Å². The Morgan fingerprint density at radius 3 is 2.33 bits per heavy atom. The monoisotopic (exact) mass is 343 g/mol. The Bertz CT molecular complexity index is 505. The van der Waals surface area contributed by atoms with Crippen LogP contribution in [0.1, 0.15) is 18.4 Å². The molecule has 1 aromatic rings. The Kier molecular flexibility index (Phi) is 4.89. The summed E-state index contributed by atoms with van der Waals surface area (Å²) in [6.07, 6.45) is 2.51. The summed E-state index contributed by atoms with van der Waals surface area (Å²) in [6.45, 7) is 4.68. The Morgan fingerprint density at radius 1 is 1.14 bits per heavy atom. The van der Waals surface area contributed by atoms with Crippen molar-refractivity contribution in [3.8, 4) is 0 Å². The van der Waals surface area contributed by atoms with Crippen LogP contribution < -0.4 is 5.32 Å². The van der Waals surface area contributed by atoms with Crippen LogP contribution in [0, 0.1) is 0 Å². The minimum atomic E-state index is 0.623. The molecule has 1 saturated carbocycles. The summed E-state index contributed by atoms with van der Waals surface area (Å²) < 4.78 is 0. The third-order valence-electron chi connectivity index (χ3n) is 4.01. The van der Waals surface area contributed by atoms with Gasteiger partial charge in [-0.25, -0.2) is 0 Å². The third kappa shape index (κ3) is 4.01. The molecule has 3 nitrogen and oxygen atoms in total. The van der Waals surface area contributed by atoms with Crippen molar-refractivity contribution >= 4 is 40.5 Å². The summed E-state index contributed by atoms with van der Waals surface area (Å²) in [5.41, 5.74) is 1.02. The molecule has 0 atom stereocenters. The van der Waals surface area contributed by atoms with Gasteiger partial charge in [0.25, 0.3) is 0 Å². The van der Waals surface area contributed by atoms with Crippen molar-refractivity contribution in [2.24, 2.45) is 0 Å². The van der Waals surface area contributed by atoms with Crippen molar-refractivity contribution < 1.29 is 0 Å². The van der Waals surface area contributed by atoms with Gasteiger partial charge in [0.05, 0.1) is 0 Å². The molecule has 1 N–H and O–H groups in total. The van der Waals surface area contributed by atoms with Crippen LogP contribution in [-0.2, 0) is 6.54 Å². The second kappa shape index (κ2) is 6.69. The molecule has 1 aliphatic carbocycles. The number of rotatable bonds is 3. The van der Waals surface area contributed by atoms with E-state index in [4.69, 9.17) is 35.4 Å². The summed E-state index contributed by atoms with van der Waals surface area (Å²) in [5.74, 6) is 0. The van der Waals surface area contributed by atoms with Gasteiger partial charge in [-0.3, -0.25) is 4.90 Å². The van der Waals surface area contributed by atoms with Crippen LogP contribution in [-0.4, -0.2) is 47.1 Å². The molecular formula is C15H19Cl2N3S. The normalized spacial score (nSPS) is 19.6. The number of piperazine rings is 1. The summed E-state index contributed by atoms with van der Waals surface area (Å²) in [6, 6.07) is 6.30. The maximum absolute atomic E-state index is 6.24. The Balaban J connectivity index is 1.52. The molecular weight excluding hydrogens is 325 g/mol. The van der Waals surface area contributed by atoms with Gasteiger partial charge in [-0.15, -0.1) is 0 Å². The highest BCUT2D eigenvalue weighted by Crippen LogP contribution is 2.26. The molecule has 2 fully saturated rings. The number of thiocarbonyl (C=S) groups is 1. The molecule has 0 aromatic heterocycles. The van der Waals surface area contributed by atoms with E-state index in [0.29, 0.717) is 6.04 Å². The van der Waals surface area contributed by atoms with E-state index in [1.54, 1.807) is 0 Å². The van der Waals surface area contributed by atoms with Crippen LogP contribution in [0.15, 0.2) is 18.2 Å². The largest absolute Gasteiger partial charge is 0.360 e. The van der Waals surface area contributed by atoms with Crippen molar-refractivity contribution in [3.63, 3.8) is 0 Å². The predicted octanol–water partition coefficient (Wildman–Crippen LogP) is 3.15. The number of benzene rings is 1. The fourth-order valence-corrected chi connectivity index (χ4v) is 3.38. The number of halogens is 2. The molecule has 21 heavy (non-hydrogen) atoms. The second-order valence-electron chi connectivity index (χ2n) is 5.69. The molecule has 1 saturated heterocycles. The molecule has 1 aliphatic heterocycles. The smallest absolute Gasteiger partial charge is 0.169 e. The van der Waals surface area contributed by atoms with Crippen molar-refractivity contribution in [1.29, 1.82) is 0 Å². The minimum absolute atomic E-state index is 0.623. The van der Waals surface area contributed by atoms with E-state index >= 15 is 0 Å². The Labute approximate surface area is 141 Å². The minimum Gasteiger partial charge on any atom is -0.360 e. The van der Waals surface area contributed by atoms with Gasteiger partial charge in [0.2, 0.25) is 0 Å². The van der Waals surface area contributed by atoms with E-state index in [2.05, 4.69) is 15.1 Å². The molecule has 0 unspecified atom stereocenters. The molecule has 6 heteroatoms. The molecule has 0 amide bonds. The van der Waals surface area contributed by atoms with E-state index in [0.717, 1.165) is 53.4 Å². The first-order valence-corrected chi connectivity index (χ1v) is 8.50. The second-order valence-corrected chi connectivity index (χ2v) is 6.89. The summed E-state index contributed by atoms with van der Waals surface area (Å²) in [4.78, 5) is 4.64. The average molecular weight is 344 g/mol. The van der Waals surface area contributed by atoms with Crippen LogP contribution in [0.25, 0.3) is 0 Å². The SMILES string of the molecule is S=C(NC1CC1)N1CCN(Cc2c(Cl)cccc2Cl)CC1. The van der Waals surface area contributed by atoms with E-state index in [1.165, 1.54) is 12.8 Å². The topological polar surface area (TPSA) is 18.5 Å². The predicted molar refractivity (Wildman–Crippen MR) is 92.1 cm³/mol. The maximum atomic E-state index is 6.24. The lowest BCUT2D eigenvalue weighted by atomic mass is 10.2. The van der Waals surface area contributed by atoms with E-state index in [-0.39, 0.29) is 0 Å². The van der Waals surface area contributed by atoms with Crippen molar-refractivity contribution in [1.82, 2.24) is 15.1 Å². The molecule has 0 bridgehead atoms. The van der Waals surface area contributed by atoms with Crippen LogP contribution in [0.3, 0.4) is 0 Å². The first kappa shape index (κ1) is 15.3. The van der Waals surface area contributed by atoms with Gasteiger partial charge in [0, 0.05) is 54.4 Å². The molecule has 3 rings (SSSR count). The van der Waals surface area contributed by atoms with E-state index in [1.807, 2.05) is 18.2 Å². The Morgan fingerprint density at radius 2 is 1.76 bits per heavy atom. The lowest BCUT2D eigenvalue weighted by molar-refractivity contribution is 0.174. The lowest BCUT2D eigenvalue weighted by Crippen LogP contribution is -2.51. The highest BCUT2D eigenvalue weighted by molar-refractivity contribution is 7.80. The van der Waals surface area contributed by atoms with Gasteiger partial charge in [0.15, 0.2) is 5.11 Å². The van der Waals surface area contributed by atoms with Gasteiger partial charge in [-0.2, -0.15) is 0 Å². The van der Waals surface area contributed by atoms with Crippen molar-refractivity contribution in [3.05, 3.63) is 33.8 Å². The molecule has 1 heterocycles. The van der Waals surface area contributed by atoms with Crippen LogP contribution >= 0.6 is 35.4 Å². The number of nitrogens with one attached hydrogen (secondary N) is 1. The van der Waals surface area contributed by atoms with Gasteiger partial charge in [-0.05, 0) is 37.2 Å². The Hall–Kier alpha value is -0.550. The van der Waals surface area contributed by atoms with Crippen LogP contribution in [0.4, 0.5) is 0 Å². The zero-order chi connectivity index (χ0) is 14.8. The quantitative estimate of drug-likeness (QED) is 0.849. The molecule has 2 aliphatic rings. The average Bonchev–Trinajstić information content (AvgIpc) is 3.28. The molecule has 0 spiro atoms. The van der Waals surface area contributed by atoms with Gasteiger partial charge in [-0.1, -0.05) is 29.3 Å². The highest BCUT2D eigenvalue weighted by atomic mass is 35.5. The maximum Gasteiger partial charge on any atom is 0.169 e.